The standard InChI is InChI=1S/C8H16O3/c1-7-2-3-11-8(4-7,5-9)6-10/h7,9-10H,2-6H2,1H3/t7-/m0/s1. The average Bonchev–Trinajstić information content (AvgIpc) is 2.04. The number of hydrogen-bond acceptors (Lipinski definition) is 3. The van der Waals surface area contributed by atoms with Crippen LogP contribution in [-0.2, 0) is 4.74 Å². The van der Waals surface area contributed by atoms with E-state index in [1.807, 2.05) is 0 Å². The molecule has 0 unspecified atom stereocenters. The van der Waals surface area contributed by atoms with Gasteiger partial charge in [-0.05, 0) is 18.8 Å². The van der Waals surface area contributed by atoms with Gasteiger partial charge in [-0.2, -0.15) is 0 Å². The van der Waals surface area contributed by atoms with Crippen LogP contribution in [0.25, 0.3) is 0 Å². The van der Waals surface area contributed by atoms with E-state index in [-0.39, 0.29) is 13.2 Å². The Morgan fingerprint density at radius 2 is 2.09 bits per heavy atom. The first kappa shape index (κ1) is 8.97. The monoisotopic (exact) mass is 160 g/mol. The van der Waals surface area contributed by atoms with Gasteiger partial charge in [0.05, 0.1) is 13.2 Å². The van der Waals surface area contributed by atoms with Gasteiger partial charge in [0.25, 0.3) is 0 Å². The van der Waals surface area contributed by atoms with Crippen molar-refractivity contribution in [3.8, 4) is 0 Å². The maximum absolute atomic E-state index is 8.97. The largest absolute Gasteiger partial charge is 0.393 e. The normalized spacial score (nSPS) is 30.3. The van der Waals surface area contributed by atoms with Crippen LogP contribution in [-0.4, -0.2) is 35.6 Å². The zero-order chi connectivity index (χ0) is 8.32. The summed E-state index contributed by atoms with van der Waals surface area (Å²) in [4.78, 5) is 0. The fourth-order valence-corrected chi connectivity index (χ4v) is 1.54. The highest BCUT2D eigenvalue weighted by Gasteiger charge is 2.34. The minimum atomic E-state index is -0.655. The third-order valence-electron chi connectivity index (χ3n) is 2.32. The summed E-state index contributed by atoms with van der Waals surface area (Å²) in [6.07, 6.45) is 1.79. The smallest absolute Gasteiger partial charge is 0.114 e. The zero-order valence-electron chi connectivity index (χ0n) is 6.92. The summed E-state index contributed by atoms with van der Waals surface area (Å²) in [6.45, 7) is 2.62. The lowest BCUT2D eigenvalue weighted by Gasteiger charge is -2.37. The lowest BCUT2D eigenvalue weighted by atomic mass is 9.88. The van der Waals surface area contributed by atoms with E-state index in [9.17, 15) is 0 Å². The third-order valence-corrected chi connectivity index (χ3v) is 2.32. The summed E-state index contributed by atoms with van der Waals surface area (Å²) in [5.74, 6) is 0.544. The fourth-order valence-electron chi connectivity index (χ4n) is 1.54. The molecule has 0 saturated carbocycles. The van der Waals surface area contributed by atoms with E-state index in [0.717, 1.165) is 12.8 Å². The molecule has 1 atom stereocenters. The second-order valence-corrected chi connectivity index (χ2v) is 3.45. The van der Waals surface area contributed by atoms with Crippen LogP contribution in [0.2, 0.25) is 0 Å². The van der Waals surface area contributed by atoms with E-state index in [0.29, 0.717) is 12.5 Å². The molecule has 0 aliphatic carbocycles. The predicted octanol–water partition coefficient (Wildman–Crippen LogP) is 0.156. The van der Waals surface area contributed by atoms with E-state index in [1.54, 1.807) is 0 Å². The van der Waals surface area contributed by atoms with E-state index in [2.05, 4.69) is 6.92 Å². The van der Waals surface area contributed by atoms with Crippen molar-refractivity contribution in [2.45, 2.75) is 25.4 Å². The van der Waals surface area contributed by atoms with E-state index < -0.39 is 5.60 Å². The topological polar surface area (TPSA) is 49.7 Å². The molecular weight excluding hydrogens is 144 g/mol. The first-order chi connectivity index (χ1) is 5.22. The molecule has 1 aliphatic heterocycles. The predicted molar refractivity (Wildman–Crippen MR) is 41.3 cm³/mol. The van der Waals surface area contributed by atoms with E-state index in [4.69, 9.17) is 14.9 Å². The van der Waals surface area contributed by atoms with Gasteiger partial charge in [-0.3, -0.25) is 0 Å². The first-order valence-electron chi connectivity index (χ1n) is 4.08. The van der Waals surface area contributed by atoms with Crippen LogP contribution in [0.3, 0.4) is 0 Å². The Hall–Kier alpha value is -0.120. The summed E-state index contributed by atoms with van der Waals surface area (Å²) in [5, 5.41) is 17.9. The molecule has 3 nitrogen and oxygen atoms in total. The average molecular weight is 160 g/mol. The van der Waals surface area contributed by atoms with Crippen molar-refractivity contribution in [2.24, 2.45) is 5.92 Å². The molecule has 0 aromatic carbocycles. The van der Waals surface area contributed by atoms with Crippen molar-refractivity contribution >= 4 is 0 Å². The second-order valence-electron chi connectivity index (χ2n) is 3.45. The lowest BCUT2D eigenvalue weighted by molar-refractivity contribution is -0.144. The number of ether oxygens (including phenoxy) is 1. The van der Waals surface area contributed by atoms with Gasteiger partial charge >= 0.3 is 0 Å². The minimum Gasteiger partial charge on any atom is -0.393 e. The molecule has 66 valence electrons. The highest BCUT2D eigenvalue weighted by Crippen LogP contribution is 2.28. The molecule has 1 fully saturated rings. The molecule has 0 bridgehead atoms. The van der Waals surface area contributed by atoms with Crippen LogP contribution in [0.1, 0.15) is 19.8 Å². The summed E-state index contributed by atoms with van der Waals surface area (Å²) < 4.78 is 5.33. The van der Waals surface area contributed by atoms with E-state index in [1.165, 1.54) is 0 Å². The minimum absolute atomic E-state index is 0.0756. The van der Waals surface area contributed by atoms with Crippen molar-refractivity contribution < 1.29 is 14.9 Å². The molecular formula is C8H16O3. The number of hydrogen-bond donors (Lipinski definition) is 2. The maximum atomic E-state index is 8.97. The highest BCUT2D eigenvalue weighted by atomic mass is 16.5. The van der Waals surface area contributed by atoms with Crippen LogP contribution in [0.5, 0.6) is 0 Å². The fraction of sp³-hybridized carbons (Fsp3) is 1.00. The Morgan fingerprint density at radius 1 is 1.45 bits per heavy atom. The molecule has 2 N–H and O–H groups in total. The molecule has 1 rings (SSSR count). The molecule has 1 heterocycles. The molecule has 11 heavy (non-hydrogen) atoms. The molecule has 3 heteroatoms. The molecule has 1 aliphatic rings. The van der Waals surface area contributed by atoms with Gasteiger partial charge < -0.3 is 14.9 Å². The summed E-state index contributed by atoms with van der Waals surface area (Å²) in [6, 6.07) is 0. The van der Waals surface area contributed by atoms with Crippen molar-refractivity contribution in [3.63, 3.8) is 0 Å². The highest BCUT2D eigenvalue weighted by molar-refractivity contribution is 4.84. The van der Waals surface area contributed by atoms with Gasteiger partial charge in [0, 0.05) is 6.61 Å². The van der Waals surface area contributed by atoms with Crippen molar-refractivity contribution in [2.75, 3.05) is 19.8 Å². The van der Waals surface area contributed by atoms with Gasteiger partial charge in [0.2, 0.25) is 0 Å². The molecule has 0 aromatic rings. The number of aliphatic hydroxyl groups is 2. The summed E-state index contributed by atoms with van der Waals surface area (Å²) in [7, 11) is 0. The van der Waals surface area contributed by atoms with Crippen LogP contribution in [0.15, 0.2) is 0 Å². The van der Waals surface area contributed by atoms with E-state index >= 15 is 0 Å². The van der Waals surface area contributed by atoms with Gasteiger partial charge in [0.1, 0.15) is 5.60 Å². The van der Waals surface area contributed by atoms with Crippen molar-refractivity contribution in [1.82, 2.24) is 0 Å². The number of aliphatic hydroxyl groups excluding tert-OH is 2. The van der Waals surface area contributed by atoms with Crippen LogP contribution in [0, 0.1) is 5.92 Å². The molecule has 0 spiro atoms. The van der Waals surface area contributed by atoms with Crippen LogP contribution < -0.4 is 0 Å². The Kier molecular flexibility index (Phi) is 2.87. The van der Waals surface area contributed by atoms with Crippen molar-refractivity contribution in [1.29, 1.82) is 0 Å². The van der Waals surface area contributed by atoms with Gasteiger partial charge in [-0.15, -0.1) is 0 Å². The Bertz CT molecular complexity index is 121. The second kappa shape index (κ2) is 3.52. The quantitative estimate of drug-likeness (QED) is 0.605. The van der Waals surface area contributed by atoms with Gasteiger partial charge in [0.15, 0.2) is 0 Å². The van der Waals surface area contributed by atoms with Crippen LogP contribution in [0.4, 0.5) is 0 Å². The third kappa shape index (κ3) is 1.92. The Morgan fingerprint density at radius 3 is 2.45 bits per heavy atom. The SMILES string of the molecule is C[C@H]1CCOC(CO)(CO)C1. The number of rotatable bonds is 2. The van der Waals surface area contributed by atoms with Crippen molar-refractivity contribution in [3.05, 3.63) is 0 Å². The molecule has 0 amide bonds. The van der Waals surface area contributed by atoms with Crippen LogP contribution >= 0.6 is 0 Å². The Balaban J connectivity index is 2.52. The lowest BCUT2D eigenvalue weighted by Crippen LogP contribution is -2.45. The molecule has 1 saturated heterocycles. The van der Waals surface area contributed by atoms with Gasteiger partial charge in [-0.1, -0.05) is 6.92 Å². The Labute approximate surface area is 67.0 Å². The maximum Gasteiger partial charge on any atom is 0.114 e. The first-order valence-corrected chi connectivity index (χ1v) is 4.08. The summed E-state index contributed by atoms with van der Waals surface area (Å²) >= 11 is 0. The zero-order valence-corrected chi connectivity index (χ0v) is 6.92. The molecule has 0 aromatic heterocycles. The molecule has 0 radical (unpaired) electrons. The summed E-state index contributed by atoms with van der Waals surface area (Å²) in [5.41, 5.74) is -0.655. The van der Waals surface area contributed by atoms with Gasteiger partial charge in [-0.25, -0.2) is 0 Å².